The van der Waals surface area contributed by atoms with Crippen molar-refractivity contribution in [3.63, 3.8) is 0 Å². The van der Waals surface area contributed by atoms with Crippen molar-refractivity contribution >= 4 is 10.0 Å². The zero-order valence-corrected chi connectivity index (χ0v) is 14.8. The van der Waals surface area contributed by atoms with Gasteiger partial charge in [0.2, 0.25) is 10.0 Å². The van der Waals surface area contributed by atoms with Crippen molar-refractivity contribution in [1.82, 2.24) is 4.72 Å². The summed E-state index contributed by atoms with van der Waals surface area (Å²) in [5.41, 5.74) is 1.23. The van der Waals surface area contributed by atoms with Gasteiger partial charge in [0, 0.05) is 0 Å². The average molecular weight is 347 g/mol. The van der Waals surface area contributed by atoms with Crippen LogP contribution < -0.4 is 14.2 Å². The zero-order valence-electron chi connectivity index (χ0n) is 14.0. The number of sulfonamides is 1. The Morgan fingerprint density at radius 3 is 2.29 bits per heavy atom. The molecule has 3 rings (SSSR count). The maximum atomic E-state index is 12.7. The second-order valence-electron chi connectivity index (χ2n) is 6.07. The fraction of sp³-hybridized carbons (Fsp3) is 0.333. The van der Waals surface area contributed by atoms with Crippen LogP contribution in [0.15, 0.2) is 47.4 Å². The number of hydrogen-bond acceptors (Lipinski definition) is 4. The van der Waals surface area contributed by atoms with E-state index in [1.54, 1.807) is 38.5 Å². The van der Waals surface area contributed by atoms with E-state index >= 15 is 0 Å². The highest BCUT2D eigenvalue weighted by Crippen LogP contribution is 2.48. The van der Waals surface area contributed by atoms with Gasteiger partial charge in [0.25, 0.3) is 0 Å². The molecule has 0 unspecified atom stereocenters. The van der Waals surface area contributed by atoms with E-state index in [1.165, 1.54) is 0 Å². The minimum Gasteiger partial charge on any atom is -0.493 e. The molecule has 24 heavy (non-hydrogen) atoms. The summed E-state index contributed by atoms with van der Waals surface area (Å²) in [5, 5.41) is 0. The van der Waals surface area contributed by atoms with Gasteiger partial charge in [0.1, 0.15) is 0 Å². The molecule has 0 spiro atoms. The van der Waals surface area contributed by atoms with Crippen molar-refractivity contribution in [3.05, 3.63) is 53.6 Å². The van der Waals surface area contributed by atoms with Gasteiger partial charge in [-0.05, 0) is 55.2 Å². The van der Waals surface area contributed by atoms with Gasteiger partial charge in [-0.25, -0.2) is 13.1 Å². The Hall–Kier alpha value is -2.05. The van der Waals surface area contributed by atoms with Crippen LogP contribution in [-0.2, 0) is 15.6 Å². The lowest BCUT2D eigenvalue weighted by Crippen LogP contribution is -2.34. The van der Waals surface area contributed by atoms with Crippen LogP contribution in [0.25, 0.3) is 0 Å². The van der Waals surface area contributed by atoms with Gasteiger partial charge in [0.05, 0.1) is 24.7 Å². The highest BCUT2D eigenvalue weighted by atomic mass is 32.2. The van der Waals surface area contributed by atoms with E-state index in [-0.39, 0.29) is 4.90 Å². The maximum Gasteiger partial charge on any atom is 0.241 e. The first-order chi connectivity index (χ1) is 11.4. The number of nitrogens with one attached hydrogen (secondary N) is 1. The summed E-state index contributed by atoms with van der Waals surface area (Å²) < 4.78 is 38.9. The summed E-state index contributed by atoms with van der Waals surface area (Å²) >= 11 is 0. The molecule has 128 valence electrons. The average Bonchev–Trinajstić information content (AvgIpc) is 3.34. The smallest absolute Gasteiger partial charge is 0.241 e. The Bertz CT molecular complexity index is 857. The van der Waals surface area contributed by atoms with Crippen LogP contribution >= 0.6 is 0 Å². The van der Waals surface area contributed by atoms with Crippen molar-refractivity contribution in [1.29, 1.82) is 0 Å². The van der Waals surface area contributed by atoms with Gasteiger partial charge in [-0.1, -0.05) is 18.2 Å². The Balaban J connectivity index is 1.92. The summed E-state index contributed by atoms with van der Waals surface area (Å²) in [4.78, 5) is 0.286. The van der Waals surface area contributed by atoms with Crippen LogP contribution in [0.1, 0.15) is 24.0 Å². The van der Waals surface area contributed by atoms with Gasteiger partial charge in [-0.3, -0.25) is 0 Å². The minimum absolute atomic E-state index is 0.286. The van der Waals surface area contributed by atoms with Gasteiger partial charge >= 0.3 is 0 Å². The number of rotatable bonds is 6. The molecule has 0 radical (unpaired) electrons. The molecule has 0 amide bonds. The minimum atomic E-state index is -3.58. The normalized spacial score (nSPS) is 15.8. The Labute approximate surface area is 142 Å². The number of hydrogen-bond donors (Lipinski definition) is 1. The predicted molar refractivity (Wildman–Crippen MR) is 92.0 cm³/mol. The Morgan fingerprint density at radius 1 is 1.00 bits per heavy atom. The first kappa shape index (κ1) is 16.8. The lowest BCUT2D eigenvalue weighted by molar-refractivity contribution is 0.354. The van der Waals surface area contributed by atoms with Gasteiger partial charge in [-0.2, -0.15) is 0 Å². The molecule has 1 N–H and O–H groups in total. The largest absolute Gasteiger partial charge is 0.493 e. The Kier molecular flexibility index (Phi) is 4.27. The fourth-order valence-electron chi connectivity index (χ4n) is 2.81. The number of aryl methyl sites for hydroxylation is 1. The van der Waals surface area contributed by atoms with Crippen molar-refractivity contribution in [2.45, 2.75) is 30.2 Å². The highest BCUT2D eigenvalue weighted by molar-refractivity contribution is 7.89. The molecule has 0 heterocycles. The molecule has 1 aliphatic carbocycles. The first-order valence-corrected chi connectivity index (χ1v) is 9.22. The quantitative estimate of drug-likeness (QED) is 0.872. The summed E-state index contributed by atoms with van der Waals surface area (Å²) in [6.07, 6.45) is 1.51. The summed E-state index contributed by atoms with van der Waals surface area (Å²) in [5.74, 6) is 1.22. The standard InChI is InChI=1S/C18H21NO4S/c1-13-5-4-6-15(11-13)24(20,21)19-18(9-10-18)14-7-8-16(22-2)17(12-14)23-3/h4-8,11-12,19H,9-10H2,1-3H3. The van der Waals surface area contributed by atoms with Crippen LogP contribution in [-0.4, -0.2) is 22.6 Å². The zero-order chi connectivity index (χ0) is 17.4. The summed E-state index contributed by atoms with van der Waals surface area (Å²) in [7, 11) is -0.442. The Morgan fingerprint density at radius 2 is 1.71 bits per heavy atom. The third-order valence-corrected chi connectivity index (χ3v) is 5.85. The molecule has 6 heteroatoms. The van der Waals surface area contributed by atoms with Crippen LogP contribution in [0.5, 0.6) is 11.5 Å². The van der Waals surface area contributed by atoms with Crippen LogP contribution in [0.2, 0.25) is 0 Å². The topological polar surface area (TPSA) is 64.6 Å². The van der Waals surface area contributed by atoms with Crippen LogP contribution in [0.3, 0.4) is 0 Å². The molecule has 2 aromatic rings. The third-order valence-electron chi connectivity index (χ3n) is 4.32. The second kappa shape index (κ2) is 6.11. The molecule has 0 aromatic heterocycles. The SMILES string of the molecule is COc1ccc(C2(NS(=O)(=O)c3cccc(C)c3)CC2)cc1OC. The van der Waals surface area contributed by atoms with Crippen molar-refractivity contribution < 1.29 is 17.9 Å². The number of benzene rings is 2. The number of methoxy groups -OCH3 is 2. The first-order valence-electron chi connectivity index (χ1n) is 7.73. The number of ether oxygens (including phenoxy) is 2. The van der Waals surface area contributed by atoms with Crippen molar-refractivity contribution in [3.8, 4) is 11.5 Å². The molecule has 1 aliphatic rings. The fourth-order valence-corrected chi connectivity index (χ4v) is 4.36. The van der Waals surface area contributed by atoms with Gasteiger partial charge in [0.15, 0.2) is 11.5 Å². The predicted octanol–water partition coefficient (Wildman–Crippen LogP) is 2.98. The van der Waals surface area contributed by atoms with E-state index in [2.05, 4.69) is 4.72 Å². The van der Waals surface area contributed by atoms with E-state index < -0.39 is 15.6 Å². The molecule has 1 saturated carbocycles. The van der Waals surface area contributed by atoms with Gasteiger partial charge in [-0.15, -0.1) is 0 Å². The van der Waals surface area contributed by atoms with Crippen molar-refractivity contribution in [2.75, 3.05) is 14.2 Å². The van der Waals surface area contributed by atoms with Crippen molar-refractivity contribution in [2.24, 2.45) is 0 Å². The van der Waals surface area contributed by atoms with Crippen LogP contribution in [0.4, 0.5) is 0 Å². The maximum absolute atomic E-state index is 12.7. The lowest BCUT2D eigenvalue weighted by atomic mass is 10.1. The van der Waals surface area contributed by atoms with Crippen LogP contribution in [0, 0.1) is 6.92 Å². The molecule has 1 fully saturated rings. The van der Waals surface area contributed by atoms with E-state index in [0.29, 0.717) is 11.5 Å². The second-order valence-corrected chi connectivity index (χ2v) is 7.76. The molecular formula is C18H21NO4S. The molecule has 5 nitrogen and oxygen atoms in total. The highest BCUT2D eigenvalue weighted by Gasteiger charge is 2.48. The summed E-state index contributed by atoms with van der Waals surface area (Å²) in [6, 6.07) is 12.4. The molecule has 0 saturated heterocycles. The summed E-state index contributed by atoms with van der Waals surface area (Å²) in [6.45, 7) is 1.88. The van der Waals surface area contributed by atoms with E-state index in [4.69, 9.17) is 9.47 Å². The third kappa shape index (κ3) is 3.12. The van der Waals surface area contributed by atoms with Gasteiger partial charge < -0.3 is 9.47 Å². The monoisotopic (exact) mass is 347 g/mol. The molecule has 0 aliphatic heterocycles. The molecule has 0 bridgehead atoms. The van der Waals surface area contributed by atoms with E-state index in [1.807, 2.05) is 25.1 Å². The molecular weight excluding hydrogens is 326 g/mol. The molecule has 2 aromatic carbocycles. The molecule has 0 atom stereocenters. The lowest BCUT2D eigenvalue weighted by Gasteiger charge is -2.20. The van der Waals surface area contributed by atoms with E-state index in [9.17, 15) is 8.42 Å². The van der Waals surface area contributed by atoms with E-state index in [0.717, 1.165) is 24.0 Å².